The van der Waals surface area contributed by atoms with Crippen LogP contribution in [0.1, 0.15) is 35.7 Å². The van der Waals surface area contributed by atoms with Gasteiger partial charge in [0.1, 0.15) is 0 Å². The predicted molar refractivity (Wildman–Crippen MR) is 63.0 cm³/mol. The molecule has 3 nitrogen and oxygen atoms in total. The summed E-state index contributed by atoms with van der Waals surface area (Å²) in [7, 11) is 0. The molecule has 82 valence electrons. The van der Waals surface area contributed by atoms with E-state index in [0.29, 0.717) is 11.5 Å². The van der Waals surface area contributed by atoms with Gasteiger partial charge < -0.3 is 0 Å². The van der Waals surface area contributed by atoms with Crippen LogP contribution in [-0.2, 0) is 0 Å². The second-order valence-corrected chi connectivity index (χ2v) is 4.08. The molecule has 1 aromatic carbocycles. The smallest absolute Gasteiger partial charge is 0.153 e. The van der Waals surface area contributed by atoms with Gasteiger partial charge in [-0.1, -0.05) is 26.0 Å². The molecule has 16 heavy (non-hydrogen) atoms. The highest BCUT2D eigenvalue weighted by molar-refractivity contribution is 5.73. The molecule has 3 heteroatoms. The average molecular weight is 214 g/mol. The minimum Gasteiger partial charge on any atom is -0.298 e. The maximum Gasteiger partial charge on any atom is 0.153 e. The Labute approximate surface area is 94.7 Å². The van der Waals surface area contributed by atoms with Crippen LogP contribution in [0.15, 0.2) is 36.7 Å². The molecule has 0 N–H and O–H groups in total. The molecule has 0 saturated carbocycles. The molecule has 0 aliphatic heterocycles. The minimum atomic E-state index is 0.525. The van der Waals surface area contributed by atoms with Gasteiger partial charge in [0.15, 0.2) is 6.29 Å². The Morgan fingerprint density at radius 2 is 1.94 bits per heavy atom. The van der Waals surface area contributed by atoms with E-state index in [2.05, 4.69) is 31.1 Å². The normalized spacial score (nSPS) is 10.7. The van der Waals surface area contributed by atoms with Gasteiger partial charge in [0, 0.05) is 6.20 Å². The monoisotopic (exact) mass is 214 g/mol. The van der Waals surface area contributed by atoms with Gasteiger partial charge in [-0.05, 0) is 23.6 Å². The van der Waals surface area contributed by atoms with Crippen LogP contribution < -0.4 is 0 Å². The zero-order valence-corrected chi connectivity index (χ0v) is 9.42. The van der Waals surface area contributed by atoms with E-state index in [1.165, 1.54) is 5.56 Å². The van der Waals surface area contributed by atoms with Crippen molar-refractivity contribution >= 4 is 6.29 Å². The Kier molecular flexibility index (Phi) is 2.86. The van der Waals surface area contributed by atoms with Gasteiger partial charge in [-0.3, -0.25) is 4.79 Å². The van der Waals surface area contributed by atoms with Crippen LogP contribution in [0.2, 0.25) is 0 Å². The summed E-state index contributed by atoms with van der Waals surface area (Å²) in [5.74, 6) is 0.525. The van der Waals surface area contributed by atoms with Crippen LogP contribution in [-0.4, -0.2) is 16.1 Å². The van der Waals surface area contributed by atoms with Gasteiger partial charge in [-0.2, -0.15) is 5.10 Å². The van der Waals surface area contributed by atoms with Gasteiger partial charge in [0.25, 0.3) is 0 Å². The Bertz CT molecular complexity index is 483. The largest absolute Gasteiger partial charge is 0.298 e. The summed E-state index contributed by atoms with van der Waals surface area (Å²) in [6, 6.07) is 8.19. The number of aromatic nitrogens is 2. The summed E-state index contributed by atoms with van der Waals surface area (Å²) in [6.45, 7) is 4.32. The lowest BCUT2D eigenvalue weighted by Gasteiger charge is -2.06. The minimum absolute atomic E-state index is 0.525. The lowest BCUT2D eigenvalue weighted by molar-refractivity contribution is 0.112. The summed E-state index contributed by atoms with van der Waals surface area (Å²) >= 11 is 0. The van der Waals surface area contributed by atoms with Crippen LogP contribution in [0, 0.1) is 0 Å². The van der Waals surface area contributed by atoms with Crippen molar-refractivity contribution in [2.24, 2.45) is 0 Å². The lowest BCUT2D eigenvalue weighted by atomic mass is 10.0. The lowest BCUT2D eigenvalue weighted by Crippen LogP contribution is -1.95. The molecule has 1 heterocycles. The van der Waals surface area contributed by atoms with Gasteiger partial charge in [-0.25, -0.2) is 4.68 Å². The first-order chi connectivity index (χ1) is 7.70. The van der Waals surface area contributed by atoms with E-state index in [0.717, 1.165) is 12.0 Å². The molecule has 0 aliphatic rings. The third kappa shape index (κ3) is 2.03. The second-order valence-electron chi connectivity index (χ2n) is 4.08. The maximum absolute atomic E-state index is 10.5. The van der Waals surface area contributed by atoms with Crippen LogP contribution >= 0.6 is 0 Å². The Morgan fingerprint density at radius 1 is 1.25 bits per heavy atom. The van der Waals surface area contributed by atoms with Gasteiger partial charge >= 0.3 is 0 Å². The molecule has 0 aliphatic carbocycles. The van der Waals surface area contributed by atoms with Gasteiger partial charge in [0.2, 0.25) is 0 Å². The molecular weight excluding hydrogens is 200 g/mol. The Balaban J connectivity index is 2.30. The number of carbonyl (C=O) groups is 1. The van der Waals surface area contributed by atoms with Crippen molar-refractivity contribution in [3.8, 4) is 5.69 Å². The van der Waals surface area contributed by atoms with E-state index in [-0.39, 0.29) is 0 Å². The SMILES string of the molecule is CC(C)c1ccc(-n2cc(C=O)cn2)cc1. The number of aldehydes is 1. The van der Waals surface area contributed by atoms with E-state index < -0.39 is 0 Å². The molecule has 2 rings (SSSR count). The van der Waals surface area contributed by atoms with E-state index >= 15 is 0 Å². The van der Waals surface area contributed by atoms with Crippen molar-refractivity contribution in [3.05, 3.63) is 47.8 Å². The van der Waals surface area contributed by atoms with Gasteiger partial charge in [-0.15, -0.1) is 0 Å². The van der Waals surface area contributed by atoms with Gasteiger partial charge in [0.05, 0.1) is 17.4 Å². The van der Waals surface area contributed by atoms with Crippen LogP contribution in [0.4, 0.5) is 0 Å². The fraction of sp³-hybridized carbons (Fsp3) is 0.231. The second kappa shape index (κ2) is 4.31. The number of nitrogens with zero attached hydrogens (tertiary/aromatic N) is 2. The van der Waals surface area contributed by atoms with Crippen LogP contribution in [0.25, 0.3) is 5.69 Å². The number of hydrogen-bond acceptors (Lipinski definition) is 2. The average Bonchev–Trinajstić information content (AvgIpc) is 2.77. The van der Waals surface area contributed by atoms with E-state index in [1.54, 1.807) is 17.1 Å². The third-order valence-electron chi connectivity index (χ3n) is 2.56. The molecule has 0 atom stereocenters. The quantitative estimate of drug-likeness (QED) is 0.736. The predicted octanol–water partition coefficient (Wildman–Crippen LogP) is 2.81. The molecule has 0 bridgehead atoms. The summed E-state index contributed by atoms with van der Waals surface area (Å²) in [4.78, 5) is 10.5. The molecule has 0 amide bonds. The summed E-state index contributed by atoms with van der Waals surface area (Å²) in [6.07, 6.45) is 4.08. The number of hydrogen-bond donors (Lipinski definition) is 0. The molecule has 1 aromatic heterocycles. The maximum atomic E-state index is 10.5. The zero-order valence-electron chi connectivity index (χ0n) is 9.42. The topological polar surface area (TPSA) is 34.9 Å². The third-order valence-corrected chi connectivity index (χ3v) is 2.56. The molecule has 0 saturated heterocycles. The van der Waals surface area contributed by atoms with Crippen molar-refractivity contribution < 1.29 is 4.79 Å². The summed E-state index contributed by atoms with van der Waals surface area (Å²) in [5.41, 5.74) is 2.86. The molecule has 0 unspecified atom stereocenters. The number of benzene rings is 1. The molecule has 0 spiro atoms. The fourth-order valence-corrected chi connectivity index (χ4v) is 1.55. The van der Waals surface area contributed by atoms with E-state index in [1.807, 2.05) is 12.1 Å². The summed E-state index contributed by atoms with van der Waals surface area (Å²) in [5, 5.41) is 4.12. The molecule has 0 fully saturated rings. The Morgan fingerprint density at radius 3 is 2.44 bits per heavy atom. The van der Waals surface area contributed by atoms with Crippen molar-refractivity contribution in [2.75, 3.05) is 0 Å². The first kappa shape index (κ1) is 10.6. The number of carbonyl (C=O) groups excluding carboxylic acids is 1. The van der Waals surface area contributed by atoms with Crippen molar-refractivity contribution in [3.63, 3.8) is 0 Å². The first-order valence-electron chi connectivity index (χ1n) is 5.31. The first-order valence-corrected chi connectivity index (χ1v) is 5.31. The van der Waals surface area contributed by atoms with E-state index in [9.17, 15) is 4.79 Å². The van der Waals surface area contributed by atoms with Crippen molar-refractivity contribution in [1.29, 1.82) is 0 Å². The highest BCUT2D eigenvalue weighted by Crippen LogP contribution is 2.16. The summed E-state index contributed by atoms with van der Waals surface area (Å²) < 4.78 is 1.70. The molecule has 0 radical (unpaired) electrons. The molecule has 2 aromatic rings. The standard InChI is InChI=1S/C13H14N2O/c1-10(2)12-3-5-13(6-4-12)15-8-11(9-16)7-14-15/h3-10H,1-2H3. The highest BCUT2D eigenvalue weighted by Gasteiger charge is 2.02. The van der Waals surface area contributed by atoms with Crippen LogP contribution in [0.5, 0.6) is 0 Å². The van der Waals surface area contributed by atoms with Crippen molar-refractivity contribution in [1.82, 2.24) is 9.78 Å². The molecular formula is C13H14N2O. The fourth-order valence-electron chi connectivity index (χ4n) is 1.55. The van der Waals surface area contributed by atoms with Crippen LogP contribution in [0.3, 0.4) is 0 Å². The Hall–Kier alpha value is -1.90. The van der Waals surface area contributed by atoms with E-state index in [4.69, 9.17) is 0 Å². The number of rotatable bonds is 3. The zero-order chi connectivity index (χ0) is 11.5. The highest BCUT2D eigenvalue weighted by atomic mass is 16.1. The van der Waals surface area contributed by atoms with Crippen molar-refractivity contribution in [2.45, 2.75) is 19.8 Å².